The Bertz CT molecular complexity index is 904. The van der Waals surface area contributed by atoms with Crippen LogP contribution in [0.4, 0.5) is 0 Å². The SMILES string of the molecule is O=C(/C=C\c1ccccc1)c1ccc2c(c1)Cc1ccccc1-2. The molecule has 1 aliphatic carbocycles. The van der Waals surface area contributed by atoms with E-state index >= 15 is 0 Å². The van der Waals surface area contributed by atoms with Crippen LogP contribution in [0.5, 0.6) is 0 Å². The molecule has 1 nitrogen and oxygen atoms in total. The van der Waals surface area contributed by atoms with Gasteiger partial charge in [-0.05, 0) is 46.4 Å². The molecule has 3 aromatic carbocycles. The first-order chi connectivity index (χ1) is 11.3. The molecular formula is C22H16O. The number of hydrogen-bond acceptors (Lipinski definition) is 1. The van der Waals surface area contributed by atoms with Crippen molar-refractivity contribution in [3.8, 4) is 11.1 Å². The lowest BCUT2D eigenvalue weighted by atomic mass is 10.0. The van der Waals surface area contributed by atoms with Gasteiger partial charge in [-0.3, -0.25) is 4.79 Å². The van der Waals surface area contributed by atoms with Crippen molar-refractivity contribution in [1.29, 1.82) is 0 Å². The number of ketones is 1. The average molecular weight is 296 g/mol. The highest BCUT2D eigenvalue weighted by Gasteiger charge is 2.18. The normalized spacial score (nSPS) is 12.2. The minimum absolute atomic E-state index is 0.0487. The van der Waals surface area contributed by atoms with Crippen LogP contribution in [0.15, 0.2) is 78.9 Å². The summed E-state index contributed by atoms with van der Waals surface area (Å²) in [7, 11) is 0. The zero-order chi connectivity index (χ0) is 15.6. The summed E-state index contributed by atoms with van der Waals surface area (Å²) in [6.07, 6.45) is 4.43. The molecule has 1 heteroatoms. The van der Waals surface area contributed by atoms with Gasteiger partial charge in [0, 0.05) is 5.56 Å². The molecular weight excluding hydrogens is 280 g/mol. The van der Waals surface area contributed by atoms with E-state index < -0.39 is 0 Å². The second-order valence-electron chi connectivity index (χ2n) is 5.81. The van der Waals surface area contributed by atoms with Crippen molar-refractivity contribution < 1.29 is 4.79 Å². The van der Waals surface area contributed by atoms with E-state index in [4.69, 9.17) is 0 Å². The monoisotopic (exact) mass is 296 g/mol. The number of hydrogen-bond donors (Lipinski definition) is 0. The molecule has 0 aliphatic heterocycles. The van der Waals surface area contributed by atoms with E-state index in [0.29, 0.717) is 0 Å². The highest BCUT2D eigenvalue weighted by atomic mass is 16.1. The van der Waals surface area contributed by atoms with Crippen molar-refractivity contribution >= 4 is 11.9 Å². The van der Waals surface area contributed by atoms with Crippen LogP contribution in [0.1, 0.15) is 27.0 Å². The Morgan fingerprint density at radius 2 is 1.52 bits per heavy atom. The predicted molar refractivity (Wildman–Crippen MR) is 94.5 cm³/mol. The summed E-state index contributed by atoms with van der Waals surface area (Å²) >= 11 is 0. The Morgan fingerprint density at radius 1 is 0.783 bits per heavy atom. The third-order valence-electron chi connectivity index (χ3n) is 4.30. The zero-order valence-corrected chi connectivity index (χ0v) is 12.7. The molecule has 0 spiro atoms. The summed E-state index contributed by atoms with van der Waals surface area (Å²) in [5, 5.41) is 0. The van der Waals surface area contributed by atoms with E-state index in [1.54, 1.807) is 6.08 Å². The van der Waals surface area contributed by atoms with Crippen molar-refractivity contribution in [3.63, 3.8) is 0 Å². The Kier molecular flexibility index (Phi) is 3.39. The molecule has 0 aromatic heterocycles. The first kappa shape index (κ1) is 13.7. The van der Waals surface area contributed by atoms with Crippen LogP contribution in [0, 0.1) is 0 Å². The third kappa shape index (κ3) is 2.62. The standard InChI is InChI=1S/C22H16O/c23-22(13-10-16-6-2-1-3-7-16)18-11-12-21-19(15-18)14-17-8-4-5-9-20(17)21/h1-13,15H,14H2/b13-10-. The number of rotatable bonds is 3. The lowest BCUT2D eigenvalue weighted by Gasteiger charge is -2.03. The average Bonchev–Trinajstić information content (AvgIpc) is 2.98. The van der Waals surface area contributed by atoms with Gasteiger partial charge in [-0.25, -0.2) is 0 Å². The summed E-state index contributed by atoms with van der Waals surface area (Å²) in [5.74, 6) is 0.0487. The van der Waals surface area contributed by atoms with Crippen molar-refractivity contribution in [2.45, 2.75) is 6.42 Å². The topological polar surface area (TPSA) is 17.1 Å². The summed E-state index contributed by atoms with van der Waals surface area (Å²) in [6, 6.07) is 24.4. The maximum atomic E-state index is 12.4. The number of carbonyl (C=O) groups is 1. The first-order valence-corrected chi connectivity index (χ1v) is 7.80. The fourth-order valence-corrected chi connectivity index (χ4v) is 3.13. The van der Waals surface area contributed by atoms with Crippen molar-refractivity contribution in [3.05, 3.63) is 101 Å². The smallest absolute Gasteiger partial charge is 0.185 e. The molecule has 0 saturated heterocycles. The summed E-state index contributed by atoms with van der Waals surface area (Å²) < 4.78 is 0. The van der Waals surface area contributed by atoms with E-state index in [1.807, 2.05) is 48.5 Å². The first-order valence-electron chi connectivity index (χ1n) is 7.80. The van der Waals surface area contributed by atoms with E-state index in [1.165, 1.54) is 22.3 Å². The molecule has 0 heterocycles. The Labute approximate surface area is 135 Å². The molecule has 0 atom stereocenters. The van der Waals surface area contributed by atoms with Gasteiger partial charge in [0.1, 0.15) is 0 Å². The quantitative estimate of drug-likeness (QED) is 0.377. The molecule has 0 fully saturated rings. The number of fused-ring (bicyclic) bond motifs is 3. The van der Waals surface area contributed by atoms with Gasteiger partial charge < -0.3 is 0 Å². The van der Waals surface area contributed by atoms with Gasteiger partial charge in [0.25, 0.3) is 0 Å². The van der Waals surface area contributed by atoms with E-state index in [2.05, 4.69) is 30.3 Å². The van der Waals surface area contributed by atoms with Crippen LogP contribution < -0.4 is 0 Å². The predicted octanol–water partition coefficient (Wildman–Crippen LogP) is 5.15. The highest BCUT2D eigenvalue weighted by Crippen LogP contribution is 2.36. The Morgan fingerprint density at radius 3 is 2.39 bits per heavy atom. The Hall–Kier alpha value is -2.93. The van der Waals surface area contributed by atoms with Gasteiger partial charge >= 0.3 is 0 Å². The van der Waals surface area contributed by atoms with Gasteiger partial charge in [0.05, 0.1) is 0 Å². The van der Waals surface area contributed by atoms with Crippen LogP contribution >= 0.6 is 0 Å². The number of carbonyl (C=O) groups excluding carboxylic acids is 1. The molecule has 0 saturated carbocycles. The minimum atomic E-state index is 0.0487. The van der Waals surface area contributed by atoms with Gasteiger partial charge in [-0.1, -0.05) is 72.8 Å². The number of benzene rings is 3. The van der Waals surface area contributed by atoms with Crippen LogP contribution in [0.3, 0.4) is 0 Å². The van der Waals surface area contributed by atoms with Crippen LogP contribution in [0.25, 0.3) is 17.2 Å². The van der Waals surface area contributed by atoms with Gasteiger partial charge in [-0.2, -0.15) is 0 Å². The second kappa shape index (κ2) is 5.69. The minimum Gasteiger partial charge on any atom is -0.289 e. The third-order valence-corrected chi connectivity index (χ3v) is 4.30. The van der Waals surface area contributed by atoms with E-state index in [0.717, 1.165) is 17.5 Å². The van der Waals surface area contributed by atoms with Gasteiger partial charge in [-0.15, -0.1) is 0 Å². The van der Waals surface area contributed by atoms with E-state index in [9.17, 15) is 4.79 Å². The number of allylic oxidation sites excluding steroid dienone is 1. The molecule has 0 unspecified atom stereocenters. The van der Waals surface area contributed by atoms with Crippen molar-refractivity contribution in [2.24, 2.45) is 0 Å². The van der Waals surface area contributed by atoms with Crippen LogP contribution in [-0.4, -0.2) is 5.78 Å². The molecule has 3 aromatic rings. The van der Waals surface area contributed by atoms with Crippen LogP contribution in [0.2, 0.25) is 0 Å². The Balaban J connectivity index is 1.61. The molecule has 0 bridgehead atoms. The maximum absolute atomic E-state index is 12.4. The molecule has 0 radical (unpaired) electrons. The molecule has 0 N–H and O–H groups in total. The lowest BCUT2D eigenvalue weighted by molar-refractivity contribution is 0.104. The fourth-order valence-electron chi connectivity index (χ4n) is 3.13. The summed E-state index contributed by atoms with van der Waals surface area (Å²) in [4.78, 5) is 12.4. The van der Waals surface area contributed by atoms with E-state index in [-0.39, 0.29) is 5.78 Å². The van der Waals surface area contributed by atoms with Crippen molar-refractivity contribution in [2.75, 3.05) is 0 Å². The molecule has 110 valence electrons. The molecule has 1 aliphatic rings. The van der Waals surface area contributed by atoms with Crippen LogP contribution in [-0.2, 0) is 6.42 Å². The largest absolute Gasteiger partial charge is 0.289 e. The maximum Gasteiger partial charge on any atom is 0.185 e. The zero-order valence-electron chi connectivity index (χ0n) is 12.7. The molecule has 0 amide bonds. The fraction of sp³-hybridized carbons (Fsp3) is 0.0455. The summed E-state index contributed by atoms with van der Waals surface area (Å²) in [5.41, 5.74) is 6.92. The molecule has 23 heavy (non-hydrogen) atoms. The highest BCUT2D eigenvalue weighted by molar-refractivity contribution is 6.07. The van der Waals surface area contributed by atoms with Gasteiger partial charge in [0.15, 0.2) is 5.78 Å². The molecule has 4 rings (SSSR count). The summed E-state index contributed by atoms with van der Waals surface area (Å²) in [6.45, 7) is 0. The van der Waals surface area contributed by atoms with Crippen molar-refractivity contribution in [1.82, 2.24) is 0 Å². The lowest BCUT2D eigenvalue weighted by Crippen LogP contribution is -1.95. The second-order valence-corrected chi connectivity index (χ2v) is 5.81. The van der Waals surface area contributed by atoms with Gasteiger partial charge in [0.2, 0.25) is 0 Å².